The number of amides is 1. The van der Waals surface area contributed by atoms with E-state index in [2.05, 4.69) is 15.2 Å². The van der Waals surface area contributed by atoms with Crippen molar-refractivity contribution in [3.63, 3.8) is 0 Å². The molecule has 2 rings (SSSR count). The van der Waals surface area contributed by atoms with Crippen molar-refractivity contribution in [3.05, 3.63) is 58.3 Å². The molecule has 0 radical (unpaired) electrons. The van der Waals surface area contributed by atoms with Gasteiger partial charge in [-0.2, -0.15) is 0 Å². The van der Waals surface area contributed by atoms with Crippen molar-refractivity contribution in [1.82, 2.24) is 19.8 Å². The molecule has 118 valence electrons. The quantitative estimate of drug-likeness (QED) is 0.747. The van der Waals surface area contributed by atoms with E-state index in [1.165, 1.54) is 10.8 Å². The van der Waals surface area contributed by atoms with Gasteiger partial charge in [-0.1, -0.05) is 30.3 Å². The molecule has 6 nitrogen and oxygen atoms in total. The smallest absolute Gasteiger partial charge is 0.326 e. The van der Waals surface area contributed by atoms with Crippen molar-refractivity contribution < 1.29 is 4.79 Å². The summed E-state index contributed by atoms with van der Waals surface area (Å²) in [7, 11) is 3.98. The Bertz CT molecular complexity index is 658. The first kappa shape index (κ1) is 16.0. The van der Waals surface area contributed by atoms with Crippen molar-refractivity contribution in [2.45, 2.75) is 13.0 Å². The van der Waals surface area contributed by atoms with Gasteiger partial charge in [-0.25, -0.2) is 4.79 Å². The minimum atomic E-state index is -0.276. The predicted octanol–water partition coefficient (Wildman–Crippen LogP) is 0.906. The van der Waals surface area contributed by atoms with Gasteiger partial charge in [0.2, 0.25) is 0 Å². The second kappa shape index (κ2) is 7.61. The van der Waals surface area contributed by atoms with Crippen LogP contribution in [0.4, 0.5) is 0 Å². The SMILES string of the molecule is CN(C)CCCNC(=O)c1c[nH]c(=O)n1Cc1ccccc1. The molecular weight excluding hydrogens is 280 g/mol. The van der Waals surface area contributed by atoms with E-state index in [1.54, 1.807) is 0 Å². The summed E-state index contributed by atoms with van der Waals surface area (Å²) in [6.07, 6.45) is 2.33. The van der Waals surface area contributed by atoms with Crippen molar-refractivity contribution in [2.75, 3.05) is 27.2 Å². The number of benzene rings is 1. The molecule has 1 aromatic carbocycles. The first-order chi connectivity index (χ1) is 10.6. The lowest BCUT2D eigenvalue weighted by Crippen LogP contribution is -2.31. The Kier molecular flexibility index (Phi) is 5.55. The molecule has 1 aromatic heterocycles. The number of carbonyl (C=O) groups is 1. The van der Waals surface area contributed by atoms with Crippen LogP contribution in [0.25, 0.3) is 0 Å². The van der Waals surface area contributed by atoms with Gasteiger partial charge >= 0.3 is 5.69 Å². The van der Waals surface area contributed by atoms with Crippen molar-refractivity contribution >= 4 is 5.91 Å². The third-order valence-corrected chi connectivity index (χ3v) is 3.35. The van der Waals surface area contributed by atoms with Gasteiger partial charge in [0.15, 0.2) is 0 Å². The predicted molar refractivity (Wildman–Crippen MR) is 86.1 cm³/mol. The third-order valence-electron chi connectivity index (χ3n) is 3.35. The molecule has 6 heteroatoms. The standard InChI is InChI=1S/C16H22N4O2/c1-19(2)10-6-9-17-15(21)14-11-18-16(22)20(14)12-13-7-4-3-5-8-13/h3-5,7-8,11H,6,9-10,12H2,1-2H3,(H,17,21)(H,18,22). The number of nitrogens with zero attached hydrogens (tertiary/aromatic N) is 2. The third kappa shape index (κ3) is 4.33. The maximum Gasteiger partial charge on any atom is 0.326 e. The van der Waals surface area contributed by atoms with Crippen LogP contribution < -0.4 is 11.0 Å². The lowest BCUT2D eigenvalue weighted by molar-refractivity contribution is 0.0943. The highest BCUT2D eigenvalue weighted by Crippen LogP contribution is 2.03. The first-order valence-electron chi connectivity index (χ1n) is 7.33. The summed E-state index contributed by atoms with van der Waals surface area (Å²) in [6.45, 7) is 1.87. The maximum atomic E-state index is 12.2. The molecule has 0 saturated carbocycles. The average molecular weight is 302 g/mol. The molecule has 1 amide bonds. The van der Waals surface area contributed by atoms with Crippen LogP contribution in [0, 0.1) is 0 Å². The van der Waals surface area contributed by atoms with Gasteiger partial charge in [0, 0.05) is 12.7 Å². The van der Waals surface area contributed by atoms with E-state index < -0.39 is 0 Å². The fourth-order valence-corrected chi connectivity index (χ4v) is 2.19. The van der Waals surface area contributed by atoms with E-state index in [-0.39, 0.29) is 11.6 Å². The Morgan fingerprint density at radius 3 is 2.68 bits per heavy atom. The van der Waals surface area contributed by atoms with Gasteiger partial charge in [0.25, 0.3) is 5.91 Å². The summed E-state index contributed by atoms with van der Waals surface area (Å²) in [5.41, 5.74) is 1.06. The highest BCUT2D eigenvalue weighted by atomic mass is 16.2. The van der Waals surface area contributed by atoms with E-state index in [9.17, 15) is 9.59 Å². The molecule has 0 saturated heterocycles. The summed E-state index contributed by atoms with van der Waals surface area (Å²) < 4.78 is 1.45. The molecule has 0 aliphatic heterocycles. The van der Waals surface area contributed by atoms with E-state index in [4.69, 9.17) is 0 Å². The lowest BCUT2D eigenvalue weighted by atomic mass is 10.2. The zero-order chi connectivity index (χ0) is 15.9. The normalized spacial score (nSPS) is 10.9. The van der Waals surface area contributed by atoms with Gasteiger partial charge in [-0.05, 0) is 32.6 Å². The largest absolute Gasteiger partial charge is 0.351 e. The molecule has 0 bridgehead atoms. The van der Waals surface area contributed by atoms with Gasteiger partial charge in [-0.15, -0.1) is 0 Å². The molecule has 22 heavy (non-hydrogen) atoms. The van der Waals surface area contributed by atoms with Gasteiger partial charge < -0.3 is 15.2 Å². The summed E-state index contributed by atoms with van der Waals surface area (Å²) in [5, 5.41) is 2.85. The Labute approximate surface area is 129 Å². The van der Waals surface area contributed by atoms with Gasteiger partial charge in [0.1, 0.15) is 5.69 Å². The van der Waals surface area contributed by atoms with E-state index >= 15 is 0 Å². The fraction of sp³-hybridized carbons (Fsp3) is 0.375. The molecule has 1 heterocycles. The summed E-state index contributed by atoms with van der Waals surface area (Å²) in [5.74, 6) is -0.229. The number of rotatable bonds is 7. The minimum Gasteiger partial charge on any atom is -0.351 e. The second-order valence-electron chi connectivity index (χ2n) is 5.46. The molecule has 0 atom stereocenters. The van der Waals surface area contributed by atoms with Crippen LogP contribution in [0.3, 0.4) is 0 Å². The van der Waals surface area contributed by atoms with Crippen molar-refractivity contribution in [1.29, 1.82) is 0 Å². The maximum absolute atomic E-state index is 12.2. The molecule has 0 unspecified atom stereocenters. The zero-order valence-electron chi connectivity index (χ0n) is 13.0. The topological polar surface area (TPSA) is 70.1 Å². The summed E-state index contributed by atoms with van der Waals surface area (Å²) in [4.78, 5) is 28.7. The minimum absolute atomic E-state index is 0.229. The Balaban J connectivity index is 2.02. The Morgan fingerprint density at radius 1 is 1.27 bits per heavy atom. The van der Waals surface area contributed by atoms with Crippen LogP contribution >= 0.6 is 0 Å². The highest BCUT2D eigenvalue weighted by Gasteiger charge is 2.14. The van der Waals surface area contributed by atoms with E-state index in [1.807, 2.05) is 44.4 Å². The van der Waals surface area contributed by atoms with Crippen LogP contribution in [-0.4, -0.2) is 47.5 Å². The summed E-state index contributed by atoms with van der Waals surface area (Å²) in [6, 6.07) is 9.60. The molecule has 2 aromatic rings. The average Bonchev–Trinajstić information content (AvgIpc) is 2.86. The van der Waals surface area contributed by atoms with Crippen LogP contribution in [0.15, 0.2) is 41.3 Å². The lowest BCUT2D eigenvalue weighted by Gasteiger charge is -2.11. The van der Waals surface area contributed by atoms with E-state index in [0.717, 1.165) is 18.5 Å². The van der Waals surface area contributed by atoms with Crippen molar-refractivity contribution in [3.8, 4) is 0 Å². The molecule has 0 aliphatic carbocycles. The summed E-state index contributed by atoms with van der Waals surface area (Å²) >= 11 is 0. The number of nitrogens with one attached hydrogen (secondary N) is 2. The molecule has 0 fully saturated rings. The molecule has 0 aliphatic rings. The zero-order valence-corrected chi connectivity index (χ0v) is 13.0. The van der Waals surface area contributed by atoms with Crippen LogP contribution in [0.5, 0.6) is 0 Å². The Morgan fingerprint density at radius 2 is 2.00 bits per heavy atom. The van der Waals surface area contributed by atoms with Crippen LogP contribution in [0.2, 0.25) is 0 Å². The number of hydrogen-bond donors (Lipinski definition) is 2. The number of carbonyl (C=O) groups excluding carboxylic acids is 1. The highest BCUT2D eigenvalue weighted by molar-refractivity contribution is 5.92. The number of hydrogen-bond acceptors (Lipinski definition) is 3. The Hall–Kier alpha value is -2.34. The number of aromatic amines is 1. The van der Waals surface area contributed by atoms with Crippen LogP contribution in [0.1, 0.15) is 22.5 Å². The fourth-order valence-electron chi connectivity index (χ4n) is 2.19. The van der Waals surface area contributed by atoms with Gasteiger partial charge in [0.05, 0.1) is 6.54 Å². The number of aromatic nitrogens is 2. The molecular formula is C16H22N4O2. The van der Waals surface area contributed by atoms with Gasteiger partial charge in [-0.3, -0.25) is 9.36 Å². The monoisotopic (exact) mass is 302 g/mol. The first-order valence-corrected chi connectivity index (χ1v) is 7.33. The second-order valence-corrected chi connectivity index (χ2v) is 5.46. The molecule has 2 N–H and O–H groups in total. The van der Waals surface area contributed by atoms with E-state index in [0.29, 0.717) is 18.8 Å². The number of H-pyrrole nitrogens is 1. The van der Waals surface area contributed by atoms with Crippen molar-refractivity contribution in [2.24, 2.45) is 0 Å². The van der Waals surface area contributed by atoms with Crippen LogP contribution in [-0.2, 0) is 6.54 Å². The molecule has 0 spiro atoms. The number of imidazole rings is 1.